The quantitative estimate of drug-likeness (QED) is 0.316. The lowest BCUT2D eigenvalue weighted by Crippen LogP contribution is -2.32. The van der Waals surface area contributed by atoms with E-state index in [2.05, 4.69) is 28.2 Å². The average molecular weight is 581 g/mol. The summed E-state index contributed by atoms with van der Waals surface area (Å²) in [6.45, 7) is 2.10. The van der Waals surface area contributed by atoms with Crippen LogP contribution in [0.2, 0.25) is 10.0 Å². The summed E-state index contributed by atoms with van der Waals surface area (Å²) < 4.78 is 17.5. The second-order valence-corrected chi connectivity index (χ2v) is 10.0. The highest BCUT2D eigenvalue weighted by Gasteiger charge is 2.39. The lowest BCUT2D eigenvalue weighted by Gasteiger charge is -2.41. The number of carboxylic acid groups (broad SMARTS) is 1. The van der Waals surface area contributed by atoms with Gasteiger partial charge in [-0.25, -0.2) is 4.79 Å². The van der Waals surface area contributed by atoms with E-state index in [9.17, 15) is 9.90 Å². The Balaban J connectivity index is 2.01. The normalized spacial score (nSPS) is 18.9. The molecule has 0 amide bonds. The Morgan fingerprint density at radius 1 is 0.914 bits per heavy atom. The summed E-state index contributed by atoms with van der Waals surface area (Å²) in [7, 11) is 4.74. The maximum atomic E-state index is 12.2. The molecule has 9 heteroatoms. The van der Waals surface area contributed by atoms with Crippen LogP contribution in [0.25, 0.3) is 0 Å². The van der Waals surface area contributed by atoms with Gasteiger partial charge in [-0.1, -0.05) is 52.1 Å². The number of benzene rings is 3. The summed E-state index contributed by atoms with van der Waals surface area (Å²) in [6.07, 6.45) is 0. The van der Waals surface area contributed by atoms with E-state index in [1.807, 2.05) is 24.3 Å². The summed E-state index contributed by atoms with van der Waals surface area (Å²) in [5.74, 6) is 0.359. The molecule has 6 nitrogen and oxygen atoms in total. The number of carbonyl (C=O) groups is 1. The first-order valence-electron chi connectivity index (χ1n) is 10.8. The fraction of sp³-hybridized carbons (Fsp3) is 0.269. The van der Waals surface area contributed by atoms with Crippen molar-refractivity contribution in [3.8, 4) is 17.2 Å². The number of methoxy groups -OCH3 is 3. The van der Waals surface area contributed by atoms with Gasteiger partial charge in [0, 0.05) is 22.0 Å². The van der Waals surface area contributed by atoms with Gasteiger partial charge in [-0.05, 0) is 47.4 Å². The van der Waals surface area contributed by atoms with Gasteiger partial charge in [0.2, 0.25) is 0 Å². The lowest BCUT2D eigenvalue weighted by atomic mass is 9.72. The first kappa shape index (κ1) is 25.5. The minimum absolute atomic E-state index is 0.0531. The molecule has 1 aliphatic heterocycles. The molecule has 0 radical (unpaired) electrons. The van der Waals surface area contributed by atoms with Gasteiger partial charge in [-0.2, -0.15) is 0 Å². The number of aromatic carboxylic acids is 1. The Labute approximate surface area is 222 Å². The van der Waals surface area contributed by atoms with Crippen LogP contribution >= 0.6 is 39.1 Å². The topological polar surface area (TPSA) is 77.0 Å². The van der Waals surface area contributed by atoms with Crippen LogP contribution in [0.1, 0.15) is 45.9 Å². The van der Waals surface area contributed by atoms with Crippen molar-refractivity contribution in [1.29, 1.82) is 0 Å². The van der Waals surface area contributed by atoms with Gasteiger partial charge in [0.15, 0.2) is 11.5 Å². The first-order valence-corrected chi connectivity index (χ1v) is 12.3. The molecule has 35 heavy (non-hydrogen) atoms. The smallest absolute Gasteiger partial charge is 0.337 e. The van der Waals surface area contributed by atoms with Gasteiger partial charge in [0.25, 0.3) is 0 Å². The van der Waals surface area contributed by atoms with Crippen LogP contribution in [-0.2, 0) is 0 Å². The molecule has 1 aliphatic rings. The van der Waals surface area contributed by atoms with Gasteiger partial charge in [-0.15, -0.1) is 0 Å². The van der Waals surface area contributed by atoms with Crippen molar-refractivity contribution in [3.63, 3.8) is 0 Å². The van der Waals surface area contributed by atoms with Crippen LogP contribution in [0.3, 0.4) is 0 Å². The molecular formula is C26H24BrCl2NO5. The zero-order valence-electron chi connectivity index (χ0n) is 19.5. The zero-order chi connectivity index (χ0) is 25.4. The number of anilines is 1. The number of hydrogen-bond donors (Lipinski definition) is 2. The van der Waals surface area contributed by atoms with Crippen molar-refractivity contribution in [3.05, 3.63) is 79.2 Å². The maximum absolute atomic E-state index is 12.2. The minimum Gasteiger partial charge on any atom is -0.496 e. The number of nitrogens with one attached hydrogen (secondary N) is 1. The minimum atomic E-state index is -1.03. The molecule has 4 rings (SSSR count). The van der Waals surface area contributed by atoms with Crippen molar-refractivity contribution in [2.45, 2.75) is 18.9 Å². The summed E-state index contributed by atoms with van der Waals surface area (Å²) in [6, 6.07) is 12.4. The summed E-state index contributed by atoms with van der Waals surface area (Å²) >= 11 is 16.0. The standard InChI is InChI=1S/C26H24BrCl2NO5/c1-12-23(15-10-21(34-3)22(35-4)11-20(15)33-2)16-8-14(27)9-17(26(31)32)25(16)30-24(12)13-5-6-18(28)19(29)7-13/h5-12,23-24,30H,1-4H3,(H,31,32)/t12-,23-,24+/m0/s1. The number of rotatable bonds is 6. The van der Waals surface area contributed by atoms with Crippen LogP contribution in [0.5, 0.6) is 17.2 Å². The monoisotopic (exact) mass is 579 g/mol. The fourth-order valence-electron chi connectivity index (χ4n) is 4.80. The number of halogens is 3. The van der Waals surface area contributed by atoms with Crippen LogP contribution in [-0.4, -0.2) is 32.4 Å². The van der Waals surface area contributed by atoms with Gasteiger partial charge < -0.3 is 24.6 Å². The Bertz CT molecular complexity index is 1300. The molecule has 2 N–H and O–H groups in total. The van der Waals surface area contributed by atoms with E-state index in [0.717, 1.165) is 16.7 Å². The van der Waals surface area contributed by atoms with Gasteiger partial charge in [0.05, 0.1) is 48.7 Å². The van der Waals surface area contributed by atoms with E-state index in [4.69, 9.17) is 37.4 Å². The van der Waals surface area contributed by atoms with E-state index in [-0.39, 0.29) is 23.4 Å². The third-order valence-electron chi connectivity index (χ3n) is 6.42. The molecule has 3 aromatic carbocycles. The van der Waals surface area contributed by atoms with Crippen molar-refractivity contribution in [2.75, 3.05) is 26.6 Å². The Hall–Kier alpha value is -2.61. The number of carboxylic acids is 1. The molecule has 0 saturated heterocycles. The molecule has 0 saturated carbocycles. The second-order valence-electron chi connectivity index (χ2n) is 8.30. The van der Waals surface area contributed by atoms with Crippen LogP contribution < -0.4 is 19.5 Å². The van der Waals surface area contributed by atoms with Crippen molar-refractivity contribution in [2.24, 2.45) is 5.92 Å². The largest absolute Gasteiger partial charge is 0.496 e. The molecule has 0 fully saturated rings. The van der Waals surface area contributed by atoms with E-state index < -0.39 is 5.97 Å². The molecule has 3 atom stereocenters. The van der Waals surface area contributed by atoms with Crippen LogP contribution in [0, 0.1) is 5.92 Å². The van der Waals surface area contributed by atoms with Gasteiger partial charge >= 0.3 is 5.97 Å². The first-order chi connectivity index (χ1) is 16.7. The second kappa shape index (κ2) is 10.2. The van der Waals surface area contributed by atoms with Crippen molar-refractivity contribution in [1.82, 2.24) is 0 Å². The highest BCUT2D eigenvalue weighted by molar-refractivity contribution is 9.10. The van der Waals surface area contributed by atoms with E-state index in [1.54, 1.807) is 39.5 Å². The van der Waals surface area contributed by atoms with E-state index >= 15 is 0 Å². The average Bonchev–Trinajstić information content (AvgIpc) is 2.84. The summed E-state index contributed by atoms with van der Waals surface area (Å²) in [5, 5.41) is 14.4. The molecule has 1 heterocycles. The highest BCUT2D eigenvalue weighted by Crippen LogP contribution is 2.53. The van der Waals surface area contributed by atoms with E-state index in [1.165, 1.54) is 0 Å². The molecule has 0 unspecified atom stereocenters. The van der Waals surface area contributed by atoms with Gasteiger partial charge in [-0.3, -0.25) is 0 Å². The fourth-order valence-corrected chi connectivity index (χ4v) is 5.59. The summed E-state index contributed by atoms with van der Waals surface area (Å²) in [4.78, 5) is 12.2. The molecule has 0 aliphatic carbocycles. The molecule has 0 bridgehead atoms. The van der Waals surface area contributed by atoms with Crippen LogP contribution in [0.4, 0.5) is 5.69 Å². The predicted molar refractivity (Wildman–Crippen MR) is 141 cm³/mol. The van der Waals surface area contributed by atoms with Crippen molar-refractivity contribution >= 4 is 50.8 Å². The van der Waals surface area contributed by atoms with Gasteiger partial charge in [0.1, 0.15) is 5.75 Å². The Kier molecular flexibility index (Phi) is 7.40. The predicted octanol–water partition coefficient (Wildman–Crippen LogP) is 7.41. The highest BCUT2D eigenvalue weighted by atomic mass is 79.9. The SMILES string of the molecule is COc1cc(OC)c([C@H]2c3cc(Br)cc(C(=O)O)c3N[C@@H](c3ccc(Cl)c(Cl)c3)[C@H]2C)cc1OC. The molecule has 0 aromatic heterocycles. The Morgan fingerprint density at radius 3 is 2.17 bits per heavy atom. The van der Waals surface area contributed by atoms with E-state index in [0.29, 0.717) is 37.5 Å². The number of ether oxygens (including phenoxy) is 3. The van der Waals surface area contributed by atoms with Crippen molar-refractivity contribution < 1.29 is 24.1 Å². The Morgan fingerprint density at radius 2 is 1.57 bits per heavy atom. The molecule has 0 spiro atoms. The zero-order valence-corrected chi connectivity index (χ0v) is 22.6. The summed E-state index contributed by atoms with van der Waals surface area (Å²) in [5.41, 5.74) is 3.26. The molecule has 3 aromatic rings. The number of hydrogen-bond acceptors (Lipinski definition) is 5. The van der Waals surface area contributed by atoms with Crippen LogP contribution in [0.15, 0.2) is 46.9 Å². The maximum Gasteiger partial charge on any atom is 0.337 e. The molecular weight excluding hydrogens is 557 g/mol. The third kappa shape index (κ3) is 4.65. The molecule has 184 valence electrons. The number of fused-ring (bicyclic) bond motifs is 1. The third-order valence-corrected chi connectivity index (χ3v) is 7.62. The lowest BCUT2D eigenvalue weighted by molar-refractivity contribution is 0.0697.